The van der Waals surface area contributed by atoms with Crippen LogP contribution in [0.2, 0.25) is 0 Å². The predicted molar refractivity (Wildman–Crippen MR) is 148 cm³/mol. The van der Waals surface area contributed by atoms with E-state index in [0.717, 1.165) is 28.5 Å². The molecule has 0 saturated heterocycles. The Kier molecular flexibility index (Phi) is 8.19. The van der Waals surface area contributed by atoms with E-state index in [2.05, 4.69) is 37.5 Å². The number of ether oxygens (including phenoxy) is 1. The molecule has 5 rings (SSSR count). The molecule has 0 unspecified atom stereocenters. The first kappa shape index (κ1) is 26.4. The fraction of sp³-hybridized carbons (Fsp3) is 0.267. The average molecular weight is 527 g/mol. The average Bonchev–Trinajstić information content (AvgIpc) is 3.41. The largest absolute Gasteiger partial charge is 0.383 e. The Balaban J connectivity index is 1.64. The SMILES string of the molecule is COCCn1nnnc1[C@H](c1cc2cccc(C)c2[nH]c1=O)N(CCc1ccccc1)Cc1ccc(F)cc1. The van der Waals surface area contributed by atoms with Gasteiger partial charge >= 0.3 is 0 Å². The highest BCUT2D eigenvalue weighted by Gasteiger charge is 2.30. The van der Waals surface area contributed by atoms with Gasteiger partial charge in [0, 0.05) is 25.8 Å². The van der Waals surface area contributed by atoms with Crippen molar-refractivity contribution < 1.29 is 9.13 Å². The van der Waals surface area contributed by atoms with Crippen LogP contribution in [0.25, 0.3) is 10.9 Å². The highest BCUT2D eigenvalue weighted by Crippen LogP contribution is 2.29. The highest BCUT2D eigenvalue weighted by molar-refractivity contribution is 5.82. The second-order valence-electron chi connectivity index (χ2n) is 9.58. The number of hydrogen-bond donors (Lipinski definition) is 1. The molecule has 0 radical (unpaired) electrons. The zero-order valence-electron chi connectivity index (χ0n) is 22.0. The molecule has 0 amide bonds. The summed E-state index contributed by atoms with van der Waals surface area (Å²) in [6.45, 7) is 3.89. The molecule has 9 heteroatoms. The van der Waals surface area contributed by atoms with Gasteiger partial charge in [0.1, 0.15) is 11.9 Å². The number of hydrogen-bond acceptors (Lipinski definition) is 6. The van der Waals surface area contributed by atoms with E-state index in [0.29, 0.717) is 37.6 Å². The summed E-state index contributed by atoms with van der Waals surface area (Å²) in [4.78, 5) is 19.0. The molecular formula is C30H31FN6O2. The maximum Gasteiger partial charge on any atom is 0.253 e. The Morgan fingerprint density at radius 3 is 2.59 bits per heavy atom. The molecule has 3 aromatic carbocycles. The van der Waals surface area contributed by atoms with Crippen molar-refractivity contribution in [1.82, 2.24) is 30.1 Å². The van der Waals surface area contributed by atoms with Crippen LogP contribution >= 0.6 is 0 Å². The summed E-state index contributed by atoms with van der Waals surface area (Å²) in [5.41, 5.74) is 4.22. The number of H-pyrrole nitrogens is 1. The van der Waals surface area contributed by atoms with Gasteiger partial charge in [0.2, 0.25) is 0 Å². The Hall–Kier alpha value is -4.21. The zero-order valence-corrected chi connectivity index (χ0v) is 22.0. The second kappa shape index (κ2) is 12.1. The van der Waals surface area contributed by atoms with Gasteiger partial charge in [-0.2, -0.15) is 0 Å². The first-order chi connectivity index (χ1) is 19.0. The van der Waals surface area contributed by atoms with E-state index in [9.17, 15) is 9.18 Å². The monoisotopic (exact) mass is 526 g/mol. The lowest BCUT2D eigenvalue weighted by atomic mass is 10.0. The summed E-state index contributed by atoms with van der Waals surface area (Å²) >= 11 is 0. The molecule has 0 aliphatic heterocycles. The number of halogens is 1. The minimum absolute atomic E-state index is 0.202. The van der Waals surface area contributed by atoms with Crippen LogP contribution in [0.1, 0.15) is 34.1 Å². The molecule has 8 nitrogen and oxygen atoms in total. The van der Waals surface area contributed by atoms with Crippen LogP contribution in [-0.4, -0.2) is 50.4 Å². The third-order valence-electron chi connectivity index (χ3n) is 6.92. The fourth-order valence-electron chi connectivity index (χ4n) is 4.89. The Bertz CT molecular complexity index is 1580. The summed E-state index contributed by atoms with van der Waals surface area (Å²) in [5, 5.41) is 13.5. The molecule has 2 aromatic heterocycles. The predicted octanol–water partition coefficient (Wildman–Crippen LogP) is 4.44. The van der Waals surface area contributed by atoms with E-state index in [1.54, 1.807) is 23.9 Å². The standard InChI is InChI=1S/C30H31FN6O2/c1-21-7-6-10-24-19-26(30(38)32-27(21)24)28(29-33-34-35-37(29)17-18-39-2)36(16-15-22-8-4-3-5-9-22)20-23-11-13-25(31)14-12-23/h3-14,19,28H,15-18,20H2,1-2H3,(H,32,38)/t28-/m0/s1. The number of para-hydroxylation sites is 1. The van der Waals surface area contributed by atoms with Gasteiger partial charge in [0.05, 0.1) is 18.7 Å². The molecule has 0 fully saturated rings. The summed E-state index contributed by atoms with van der Waals surface area (Å²) in [6, 6.07) is 23.9. The van der Waals surface area contributed by atoms with Crippen molar-refractivity contribution in [2.75, 3.05) is 20.3 Å². The Labute approximate surface area is 226 Å². The molecule has 39 heavy (non-hydrogen) atoms. The highest BCUT2D eigenvalue weighted by atomic mass is 19.1. The molecular weight excluding hydrogens is 495 g/mol. The van der Waals surface area contributed by atoms with Crippen LogP contribution in [0.15, 0.2) is 83.7 Å². The number of fused-ring (bicyclic) bond motifs is 1. The van der Waals surface area contributed by atoms with Crippen molar-refractivity contribution in [3.63, 3.8) is 0 Å². The maximum absolute atomic E-state index is 13.7. The summed E-state index contributed by atoms with van der Waals surface area (Å²) in [5.74, 6) is 0.246. The summed E-state index contributed by atoms with van der Waals surface area (Å²) < 4.78 is 20.7. The third kappa shape index (κ3) is 6.10. The molecule has 1 atom stereocenters. The van der Waals surface area contributed by atoms with Crippen LogP contribution in [0.5, 0.6) is 0 Å². The molecule has 5 aromatic rings. The second-order valence-corrected chi connectivity index (χ2v) is 9.58. The lowest BCUT2D eigenvalue weighted by Gasteiger charge is -2.31. The molecule has 0 aliphatic rings. The maximum atomic E-state index is 13.7. The van der Waals surface area contributed by atoms with E-state index in [4.69, 9.17) is 4.74 Å². The fourth-order valence-corrected chi connectivity index (χ4v) is 4.89. The topological polar surface area (TPSA) is 88.9 Å². The first-order valence-electron chi connectivity index (χ1n) is 12.9. The van der Waals surface area contributed by atoms with Crippen LogP contribution < -0.4 is 5.56 Å². The molecule has 2 heterocycles. The molecule has 0 bridgehead atoms. The number of aromatic nitrogens is 5. The molecule has 0 aliphatic carbocycles. The van der Waals surface area contributed by atoms with Crippen molar-refractivity contribution in [1.29, 1.82) is 0 Å². The number of benzene rings is 3. The van der Waals surface area contributed by atoms with Gasteiger partial charge in [-0.15, -0.1) is 5.10 Å². The number of tetrazole rings is 1. The number of pyridine rings is 1. The molecule has 200 valence electrons. The summed E-state index contributed by atoms with van der Waals surface area (Å²) in [6.07, 6.45) is 0.739. The number of rotatable bonds is 11. The van der Waals surface area contributed by atoms with Gasteiger partial charge in [-0.1, -0.05) is 60.7 Å². The van der Waals surface area contributed by atoms with E-state index in [-0.39, 0.29) is 11.4 Å². The lowest BCUT2D eigenvalue weighted by Crippen LogP contribution is -2.36. The van der Waals surface area contributed by atoms with Gasteiger partial charge < -0.3 is 9.72 Å². The molecule has 0 spiro atoms. The number of aromatic amines is 1. The summed E-state index contributed by atoms with van der Waals surface area (Å²) in [7, 11) is 1.62. The quantitative estimate of drug-likeness (QED) is 0.274. The molecule has 1 N–H and O–H groups in total. The van der Waals surface area contributed by atoms with Crippen molar-refractivity contribution >= 4 is 10.9 Å². The van der Waals surface area contributed by atoms with Gasteiger partial charge in [-0.3, -0.25) is 9.69 Å². The van der Waals surface area contributed by atoms with Crippen molar-refractivity contribution in [3.8, 4) is 0 Å². The first-order valence-corrected chi connectivity index (χ1v) is 12.9. The van der Waals surface area contributed by atoms with E-state index in [1.165, 1.54) is 17.7 Å². The Morgan fingerprint density at radius 1 is 1.03 bits per heavy atom. The number of aryl methyl sites for hydroxylation is 1. The minimum atomic E-state index is -0.570. The zero-order chi connectivity index (χ0) is 27.2. The lowest BCUT2D eigenvalue weighted by molar-refractivity contribution is 0.172. The van der Waals surface area contributed by atoms with Crippen molar-refractivity contribution in [2.45, 2.75) is 32.5 Å². The smallest absolute Gasteiger partial charge is 0.253 e. The van der Waals surface area contributed by atoms with E-state index in [1.807, 2.05) is 49.4 Å². The van der Waals surface area contributed by atoms with E-state index < -0.39 is 6.04 Å². The van der Waals surface area contributed by atoms with Crippen LogP contribution in [0.3, 0.4) is 0 Å². The van der Waals surface area contributed by atoms with E-state index >= 15 is 0 Å². The number of methoxy groups -OCH3 is 1. The van der Waals surface area contributed by atoms with Gasteiger partial charge in [0.15, 0.2) is 5.82 Å². The van der Waals surface area contributed by atoms with Crippen LogP contribution in [0.4, 0.5) is 4.39 Å². The number of nitrogens with zero attached hydrogens (tertiary/aromatic N) is 5. The third-order valence-corrected chi connectivity index (χ3v) is 6.92. The normalized spacial score (nSPS) is 12.3. The Morgan fingerprint density at radius 2 is 1.82 bits per heavy atom. The van der Waals surface area contributed by atoms with Crippen molar-refractivity contribution in [3.05, 3.63) is 123 Å². The molecule has 0 saturated carbocycles. The van der Waals surface area contributed by atoms with Crippen LogP contribution in [-0.2, 0) is 24.2 Å². The number of nitrogens with one attached hydrogen (secondary N) is 1. The van der Waals surface area contributed by atoms with Gasteiger partial charge in [-0.05, 0) is 64.0 Å². The van der Waals surface area contributed by atoms with Crippen molar-refractivity contribution in [2.24, 2.45) is 0 Å². The van der Waals surface area contributed by atoms with Crippen LogP contribution in [0, 0.1) is 12.7 Å². The van der Waals surface area contributed by atoms with Gasteiger partial charge in [0.25, 0.3) is 5.56 Å². The minimum Gasteiger partial charge on any atom is -0.383 e. The van der Waals surface area contributed by atoms with Gasteiger partial charge in [-0.25, -0.2) is 9.07 Å².